The zero-order chi connectivity index (χ0) is 15.7. The van der Waals surface area contributed by atoms with Gasteiger partial charge in [0.15, 0.2) is 0 Å². The van der Waals surface area contributed by atoms with Crippen LogP contribution in [0.4, 0.5) is 0 Å². The van der Waals surface area contributed by atoms with Gasteiger partial charge in [-0.25, -0.2) is 0 Å². The number of amides is 2. The molecule has 2 rings (SSSR count). The van der Waals surface area contributed by atoms with E-state index >= 15 is 0 Å². The third-order valence-corrected chi connectivity index (χ3v) is 3.31. The van der Waals surface area contributed by atoms with Gasteiger partial charge >= 0.3 is 0 Å². The van der Waals surface area contributed by atoms with Gasteiger partial charge in [0, 0.05) is 12.7 Å². The van der Waals surface area contributed by atoms with Crippen LogP contribution in [0.3, 0.4) is 0 Å². The first-order chi connectivity index (χ1) is 9.81. The predicted molar refractivity (Wildman–Crippen MR) is 75.8 cm³/mol. The molecule has 2 N–H and O–H groups in total. The second kappa shape index (κ2) is 5.43. The van der Waals surface area contributed by atoms with Crippen molar-refractivity contribution in [1.82, 2.24) is 20.6 Å². The summed E-state index contributed by atoms with van der Waals surface area (Å²) in [6, 6.07) is 1.62. The molecule has 0 fully saturated rings. The fraction of sp³-hybridized carbons (Fsp3) is 0.357. The fourth-order valence-electron chi connectivity index (χ4n) is 2.20. The molecule has 2 aromatic heterocycles. The lowest BCUT2D eigenvalue weighted by Crippen LogP contribution is -2.42. The van der Waals surface area contributed by atoms with Crippen molar-refractivity contribution in [2.24, 2.45) is 7.05 Å². The van der Waals surface area contributed by atoms with Gasteiger partial charge in [0.25, 0.3) is 11.8 Å². The monoisotopic (exact) mass is 290 g/mol. The van der Waals surface area contributed by atoms with Gasteiger partial charge in [-0.15, -0.1) is 0 Å². The van der Waals surface area contributed by atoms with Crippen molar-refractivity contribution in [3.8, 4) is 0 Å². The van der Waals surface area contributed by atoms with E-state index in [0.717, 1.165) is 5.69 Å². The average molecular weight is 290 g/mol. The van der Waals surface area contributed by atoms with E-state index in [1.54, 1.807) is 45.5 Å². The fourth-order valence-corrected chi connectivity index (χ4v) is 2.20. The third-order valence-electron chi connectivity index (χ3n) is 3.31. The van der Waals surface area contributed by atoms with Gasteiger partial charge in [-0.1, -0.05) is 0 Å². The first-order valence-corrected chi connectivity index (χ1v) is 6.49. The second-order valence-electron chi connectivity index (χ2n) is 4.90. The zero-order valence-electron chi connectivity index (χ0n) is 12.7. The van der Waals surface area contributed by atoms with E-state index in [4.69, 9.17) is 4.42 Å². The molecule has 0 spiro atoms. The van der Waals surface area contributed by atoms with Crippen LogP contribution in [-0.2, 0) is 7.05 Å². The van der Waals surface area contributed by atoms with Crippen LogP contribution in [0.15, 0.2) is 10.5 Å². The number of hydrogen-bond acceptors (Lipinski definition) is 4. The lowest BCUT2D eigenvalue weighted by molar-refractivity contribution is 0.0845. The Morgan fingerprint density at radius 3 is 2.24 bits per heavy atom. The quantitative estimate of drug-likeness (QED) is 0.816. The lowest BCUT2D eigenvalue weighted by atomic mass is 10.2. The Labute approximate surface area is 122 Å². The van der Waals surface area contributed by atoms with Crippen LogP contribution in [-0.4, -0.2) is 21.6 Å². The number of carbonyl (C=O) groups is 2. The van der Waals surface area contributed by atoms with Crippen molar-refractivity contribution < 1.29 is 14.0 Å². The van der Waals surface area contributed by atoms with E-state index in [1.807, 2.05) is 0 Å². The summed E-state index contributed by atoms with van der Waals surface area (Å²) in [6.45, 7) is 6.98. The predicted octanol–water partition coefficient (Wildman–Crippen LogP) is 1.32. The van der Waals surface area contributed by atoms with Gasteiger partial charge in [-0.2, -0.15) is 5.10 Å². The molecule has 2 heterocycles. The number of nitrogens with zero attached hydrogens (tertiary/aromatic N) is 2. The minimum absolute atomic E-state index is 0.396. The lowest BCUT2D eigenvalue weighted by Gasteiger charge is -2.07. The number of rotatable bonds is 2. The van der Waals surface area contributed by atoms with Crippen LogP contribution in [0.25, 0.3) is 0 Å². The molecule has 7 heteroatoms. The maximum absolute atomic E-state index is 12.1. The van der Waals surface area contributed by atoms with E-state index in [0.29, 0.717) is 28.3 Å². The summed E-state index contributed by atoms with van der Waals surface area (Å²) in [7, 11) is 1.76. The highest BCUT2D eigenvalue weighted by Gasteiger charge is 2.19. The summed E-state index contributed by atoms with van der Waals surface area (Å²) >= 11 is 0. The van der Waals surface area contributed by atoms with Gasteiger partial charge in [0.1, 0.15) is 11.5 Å². The molecule has 112 valence electrons. The van der Waals surface area contributed by atoms with Crippen molar-refractivity contribution in [3.05, 3.63) is 40.1 Å². The van der Waals surface area contributed by atoms with Gasteiger partial charge in [-0.3, -0.25) is 25.1 Å². The second-order valence-corrected chi connectivity index (χ2v) is 4.90. The van der Waals surface area contributed by atoms with Crippen LogP contribution in [0.2, 0.25) is 0 Å². The molecule has 0 saturated heterocycles. The Morgan fingerprint density at radius 2 is 1.76 bits per heavy atom. The van der Waals surface area contributed by atoms with Crippen molar-refractivity contribution in [3.63, 3.8) is 0 Å². The largest absolute Gasteiger partial charge is 0.466 e. The summed E-state index contributed by atoms with van der Waals surface area (Å²) in [5, 5.41) is 4.16. The topological polar surface area (TPSA) is 89.2 Å². The standard InChI is InChI=1S/C14H18N4O3/c1-7-6-11(10(4)21-7)13(19)15-16-14(20)12-8(2)17-18(5)9(12)3/h6H,1-5H3,(H,15,19)(H,16,20). The molecular formula is C14H18N4O3. The SMILES string of the molecule is Cc1cc(C(=O)NNC(=O)c2c(C)nn(C)c2C)c(C)o1. The van der Waals surface area contributed by atoms with Crippen molar-refractivity contribution in [1.29, 1.82) is 0 Å². The van der Waals surface area contributed by atoms with Crippen LogP contribution < -0.4 is 10.9 Å². The molecule has 0 unspecified atom stereocenters. The molecule has 0 bridgehead atoms. The summed E-state index contributed by atoms with van der Waals surface area (Å²) in [6.07, 6.45) is 0. The Balaban J connectivity index is 2.08. The molecule has 0 aliphatic carbocycles. The zero-order valence-corrected chi connectivity index (χ0v) is 12.7. The Morgan fingerprint density at radius 1 is 1.14 bits per heavy atom. The molecule has 0 aliphatic rings. The number of hydrogen-bond donors (Lipinski definition) is 2. The third kappa shape index (κ3) is 2.81. The summed E-state index contributed by atoms with van der Waals surface area (Å²) in [5.74, 6) is 0.331. The smallest absolute Gasteiger partial charge is 0.273 e. The Kier molecular flexibility index (Phi) is 3.84. The molecule has 0 saturated carbocycles. The number of aryl methyl sites for hydroxylation is 4. The van der Waals surface area contributed by atoms with Crippen molar-refractivity contribution in [2.75, 3.05) is 0 Å². The number of hydrazine groups is 1. The van der Waals surface area contributed by atoms with E-state index in [9.17, 15) is 9.59 Å². The maximum Gasteiger partial charge on any atom is 0.273 e. The molecule has 0 radical (unpaired) electrons. The summed E-state index contributed by atoms with van der Waals surface area (Å²) in [4.78, 5) is 24.1. The molecule has 0 aromatic carbocycles. The van der Waals surface area contributed by atoms with Crippen molar-refractivity contribution >= 4 is 11.8 Å². The first kappa shape index (κ1) is 14.8. The molecule has 21 heavy (non-hydrogen) atoms. The van der Waals surface area contributed by atoms with Crippen molar-refractivity contribution in [2.45, 2.75) is 27.7 Å². The summed E-state index contributed by atoms with van der Waals surface area (Å²) in [5.41, 5.74) is 6.97. The highest BCUT2D eigenvalue weighted by atomic mass is 16.3. The molecule has 2 amide bonds. The van der Waals surface area contributed by atoms with Crippen LogP contribution >= 0.6 is 0 Å². The highest BCUT2D eigenvalue weighted by Crippen LogP contribution is 2.13. The molecule has 0 atom stereocenters. The molecule has 7 nitrogen and oxygen atoms in total. The summed E-state index contributed by atoms with van der Waals surface area (Å²) < 4.78 is 6.90. The van der Waals surface area contributed by atoms with Crippen LogP contribution in [0.5, 0.6) is 0 Å². The highest BCUT2D eigenvalue weighted by molar-refractivity contribution is 6.00. The Hall–Kier alpha value is -2.57. The maximum atomic E-state index is 12.1. The molecule has 2 aromatic rings. The van der Waals surface area contributed by atoms with E-state index in [-0.39, 0.29) is 0 Å². The van der Waals surface area contributed by atoms with E-state index in [1.165, 1.54) is 0 Å². The minimum Gasteiger partial charge on any atom is -0.466 e. The molecular weight excluding hydrogens is 272 g/mol. The number of furan rings is 1. The van der Waals surface area contributed by atoms with Crippen LogP contribution in [0, 0.1) is 27.7 Å². The van der Waals surface area contributed by atoms with Gasteiger partial charge in [0.2, 0.25) is 0 Å². The van der Waals surface area contributed by atoms with Gasteiger partial charge in [-0.05, 0) is 33.8 Å². The normalized spacial score (nSPS) is 10.5. The minimum atomic E-state index is -0.420. The van der Waals surface area contributed by atoms with Crippen LogP contribution in [0.1, 0.15) is 43.6 Å². The average Bonchev–Trinajstić information content (AvgIpc) is 2.86. The van der Waals surface area contributed by atoms with E-state index in [2.05, 4.69) is 16.0 Å². The molecule has 0 aliphatic heterocycles. The Bertz CT molecular complexity index is 712. The van der Waals surface area contributed by atoms with Gasteiger partial charge < -0.3 is 4.42 Å². The number of nitrogens with one attached hydrogen (secondary N) is 2. The van der Waals surface area contributed by atoms with E-state index < -0.39 is 11.8 Å². The first-order valence-electron chi connectivity index (χ1n) is 6.49. The van der Waals surface area contributed by atoms with Gasteiger partial charge in [0.05, 0.1) is 16.8 Å². The number of aromatic nitrogens is 2. The number of carbonyl (C=O) groups excluding carboxylic acids is 2.